The number of nitrogens with zero attached hydrogens (tertiary/aromatic N) is 1. The van der Waals surface area contributed by atoms with Crippen LogP contribution in [0.15, 0.2) is 24.3 Å². The molecule has 2 N–H and O–H groups in total. The summed E-state index contributed by atoms with van der Waals surface area (Å²) in [4.78, 5) is 9.81. The first-order valence-electron chi connectivity index (χ1n) is 4.29. The number of nitro benzene ring substituents is 1. The van der Waals surface area contributed by atoms with E-state index < -0.39 is 11.0 Å². The van der Waals surface area contributed by atoms with Crippen molar-refractivity contribution in [3.63, 3.8) is 0 Å². The maximum atomic E-state index is 10.3. The van der Waals surface area contributed by atoms with Crippen LogP contribution in [0.1, 0.15) is 0 Å². The summed E-state index contributed by atoms with van der Waals surface area (Å²) in [6, 6.07) is 5.48. The number of aliphatic hydroxyl groups is 2. The monoisotopic (exact) mass is 213 g/mol. The molecule has 6 nitrogen and oxygen atoms in total. The molecule has 0 aromatic heterocycles. The van der Waals surface area contributed by atoms with Gasteiger partial charge in [-0.15, -0.1) is 0 Å². The summed E-state index contributed by atoms with van der Waals surface area (Å²) >= 11 is 0. The van der Waals surface area contributed by atoms with Gasteiger partial charge in [-0.3, -0.25) is 10.1 Å². The lowest BCUT2D eigenvalue weighted by Crippen LogP contribution is -2.21. The Morgan fingerprint density at radius 3 is 2.47 bits per heavy atom. The van der Waals surface area contributed by atoms with Crippen molar-refractivity contribution in [1.29, 1.82) is 0 Å². The van der Waals surface area contributed by atoms with Gasteiger partial charge in [0.05, 0.1) is 11.5 Å². The highest BCUT2D eigenvalue weighted by molar-refractivity contribution is 5.35. The first-order valence-corrected chi connectivity index (χ1v) is 4.29. The molecule has 0 radical (unpaired) electrons. The van der Waals surface area contributed by atoms with Gasteiger partial charge < -0.3 is 14.9 Å². The molecule has 6 heteroatoms. The van der Waals surface area contributed by atoms with E-state index in [9.17, 15) is 10.1 Å². The van der Waals surface area contributed by atoms with Gasteiger partial charge in [0, 0.05) is 12.1 Å². The van der Waals surface area contributed by atoms with Crippen LogP contribution in [-0.2, 0) is 0 Å². The van der Waals surface area contributed by atoms with Crippen molar-refractivity contribution in [3.8, 4) is 5.75 Å². The number of hydrogen-bond donors (Lipinski definition) is 2. The minimum atomic E-state index is -0.944. The van der Waals surface area contributed by atoms with Gasteiger partial charge in [-0.25, -0.2) is 0 Å². The van der Waals surface area contributed by atoms with Crippen LogP contribution < -0.4 is 4.74 Å². The van der Waals surface area contributed by atoms with Gasteiger partial charge in [-0.05, 0) is 12.1 Å². The van der Waals surface area contributed by atoms with Crippen LogP contribution in [0.5, 0.6) is 5.75 Å². The second kappa shape index (κ2) is 5.28. The molecule has 0 spiro atoms. The molecule has 0 aliphatic rings. The number of aliphatic hydroxyl groups excluding tert-OH is 2. The zero-order valence-corrected chi connectivity index (χ0v) is 7.87. The van der Waals surface area contributed by atoms with Crippen molar-refractivity contribution < 1.29 is 19.9 Å². The fourth-order valence-electron chi connectivity index (χ4n) is 0.909. The van der Waals surface area contributed by atoms with Crippen molar-refractivity contribution in [1.82, 2.24) is 0 Å². The number of benzene rings is 1. The Bertz CT molecular complexity index is 324. The molecule has 0 aliphatic heterocycles. The zero-order chi connectivity index (χ0) is 11.3. The second-order valence-corrected chi connectivity index (χ2v) is 2.90. The minimum absolute atomic E-state index is 0.0231. The Kier molecular flexibility index (Phi) is 4.02. The number of hydrogen-bond acceptors (Lipinski definition) is 5. The maximum Gasteiger partial charge on any atom is 0.269 e. The van der Waals surface area contributed by atoms with Crippen molar-refractivity contribution in [3.05, 3.63) is 34.4 Å². The first kappa shape index (κ1) is 11.4. The fourth-order valence-corrected chi connectivity index (χ4v) is 0.909. The van der Waals surface area contributed by atoms with E-state index in [1.807, 2.05) is 0 Å². The molecule has 82 valence electrons. The molecule has 0 bridgehead atoms. The lowest BCUT2D eigenvalue weighted by molar-refractivity contribution is -0.384. The quantitative estimate of drug-likeness (QED) is 0.543. The molecule has 15 heavy (non-hydrogen) atoms. The van der Waals surface area contributed by atoms with Crippen LogP contribution in [0.2, 0.25) is 0 Å². The predicted octanol–water partition coefficient (Wildman–Crippen LogP) is 0.327. The van der Waals surface area contributed by atoms with E-state index in [0.29, 0.717) is 5.75 Å². The molecule has 0 saturated carbocycles. The van der Waals surface area contributed by atoms with Gasteiger partial charge in [-0.2, -0.15) is 0 Å². The van der Waals surface area contributed by atoms with Gasteiger partial charge in [-0.1, -0.05) is 0 Å². The average Bonchev–Trinajstić information content (AvgIpc) is 2.26. The highest BCUT2D eigenvalue weighted by atomic mass is 16.6. The molecule has 1 aromatic rings. The van der Waals surface area contributed by atoms with Crippen LogP contribution in [0.25, 0.3) is 0 Å². The Morgan fingerprint density at radius 2 is 2.00 bits per heavy atom. The first-order chi connectivity index (χ1) is 7.13. The van der Waals surface area contributed by atoms with Crippen LogP contribution in [-0.4, -0.2) is 34.5 Å². The maximum absolute atomic E-state index is 10.3. The van der Waals surface area contributed by atoms with Gasteiger partial charge in [0.15, 0.2) is 0 Å². The Labute approximate surface area is 85.9 Å². The van der Waals surface area contributed by atoms with Crippen LogP contribution >= 0.6 is 0 Å². The van der Waals surface area contributed by atoms with Crippen molar-refractivity contribution in [2.75, 3.05) is 13.2 Å². The van der Waals surface area contributed by atoms with Crippen molar-refractivity contribution in [2.24, 2.45) is 0 Å². The van der Waals surface area contributed by atoms with E-state index in [1.165, 1.54) is 24.3 Å². The van der Waals surface area contributed by atoms with E-state index in [2.05, 4.69) is 0 Å². The summed E-state index contributed by atoms with van der Waals surface area (Å²) in [5.74, 6) is 0.410. The van der Waals surface area contributed by atoms with Gasteiger partial charge in [0.1, 0.15) is 18.5 Å². The van der Waals surface area contributed by atoms with Crippen molar-refractivity contribution >= 4 is 5.69 Å². The third-order valence-corrected chi connectivity index (χ3v) is 1.70. The molecule has 0 aliphatic carbocycles. The molecule has 1 atom stereocenters. The SMILES string of the molecule is O=[N+]([O-])c1ccc(OCC(O)CO)cc1. The molecule has 0 amide bonds. The predicted molar refractivity (Wildman–Crippen MR) is 51.7 cm³/mol. The second-order valence-electron chi connectivity index (χ2n) is 2.90. The van der Waals surface area contributed by atoms with E-state index in [-0.39, 0.29) is 18.9 Å². The van der Waals surface area contributed by atoms with Crippen LogP contribution in [0, 0.1) is 10.1 Å². The Morgan fingerprint density at radius 1 is 1.40 bits per heavy atom. The molecular weight excluding hydrogens is 202 g/mol. The number of non-ortho nitro benzene ring substituents is 1. The Balaban J connectivity index is 2.53. The van der Waals surface area contributed by atoms with Crippen molar-refractivity contribution in [2.45, 2.75) is 6.10 Å². The van der Waals surface area contributed by atoms with Gasteiger partial charge in [0.25, 0.3) is 5.69 Å². The van der Waals surface area contributed by atoms with E-state index in [4.69, 9.17) is 14.9 Å². The lowest BCUT2D eigenvalue weighted by atomic mass is 10.3. The molecule has 0 saturated heterocycles. The third-order valence-electron chi connectivity index (χ3n) is 1.70. The topological polar surface area (TPSA) is 92.8 Å². The molecular formula is C9H11NO5. The molecule has 1 rings (SSSR count). The molecule has 0 fully saturated rings. The number of nitro groups is 1. The van der Waals surface area contributed by atoms with Crippen LogP contribution in [0.3, 0.4) is 0 Å². The Hall–Kier alpha value is -1.66. The number of rotatable bonds is 5. The van der Waals surface area contributed by atoms with E-state index >= 15 is 0 Å². The molecule has 1 unspecified atom stereocenters. The lowest BCUT2D eigenvalue weighted by Gasteiger charge is -2.09. The third kappa shape index (κ3) is 3.53. The van der Waals surface area contributed by atoms with Crippen LogP contribution in [0.4, 0.5) is 5.69 Å². The summed E-state index contributed by atoms with van der Waals surface area (Å²) in [5, 5.41) is 27.8. The standard InChI is InChI=1S/C9H11NO5/c11-5-8(12)6-15-9-3-1-7(2-4-9)10(13)14/h1-4,8,11-12H,5-6H2. The van der Waals surface area contributed by atoms with Gasteiger partial charge >= 0.3 is 0 Å². The summed E-state index contributed by atoms with van der Waals surface area (Å²) in [6.45, 7) is -0.429. The molecule has 0 heterocycles. The highest BCUT2D eigenvalue weighted by Crippen LogP contribution is 2.17. The summed E-state index contributed by atoms with van der Waals surface area (Å²) in [6.07, 6.45) is -0.944. The van der Waals surface area contributed by atoms with E-state index in [0.717, 1.165) is 0 Å². The molecule has 1 aromatic carbocycles. The zero-order valence-electron chi connectivity index (χ0n) is 7.87. The highest BCUT2D eigenvalue weighted by Gasteiger charge is 2.06. The minimum Gasteiger partial charge on any atom is -0.491 e. The van der Waals surface area contributed by atoms with E-state index in [1.54, 1.807) is 0 Å². The number of ether oxygens (including phenoxy) is 1. The normalized spacial score (nSPS) is 12.1. The summed E-state index contributed by atoms with van der Waals surface area (Å²) in [5.41, 5.74) is -0.0231. The average molecular weight is 213 g/mol. The fraction of sp³-hybridized carbons (Fsp3) is 0.333. The smallest absolute Gasteiger partial charge is 0.269 e. The summed E-state index contributed by atoms with van der Waals surface area (Å²) in [7, 11) is 0. The summed E-state index contributed by atoms with van der Waals surface area (Å²) < 4.78 is 5.06. The largest absolute Gasteiger partial charge is 0.491 e. The van der Waals surface area contributed by atoms with Gasteiger partial charge in [0.2, 0.25) is 0 Å².